The maximum absolute atomic E-state index is 12.7. The number of rotatable bonds is 2. The van der Waals surface area contributed by atoms with Crippen LogP contribution in [0.3, 0.4) is 0 Å². The summed E-state index contributed by atoms with van der Waals surface area (Å²) >= 11 is 5.58. The van der Waals surface area contributed by atoms with Crippen molar-refractivity contribution in [3.8, 4) is 0 Å². The summed E-state index contributed by atoms with van der Waals surface area (Å²) in [5.74, 6) is 0.266. The van der Waals surface area contributed by atoms with Crippen LogP contribution in [0.1, 0.15) is 12.5 Å². The third-order valence-corrected chi connectivity index (χ3v) is 1.89. The zero-order valence-electron chi connectivity index (χ0n) is 6.85. The molecule has 0 saturated heterocycles. The predicted octanol–water partition coefficient (Wildman–Crippen LogP) is 3.47. The second-order valence-corrected chi connectivity index (χ2v) is 2.95. The van der Waals surface area contributed by atoms with Crippen LogP contribution in [-0.2, 0) is 0 Å². The van der Waals surface area contributed by atoms with E-state index in [4.69, 9.17) is 11.6 Å². The number of alkyl halides is 1. The lowest BCUT2D eigenvalue weighted by Gasteiger charge is -1.95. The van der Waals surface area contributed by atoms with Gasteiger partial charge in [-0.25, -0.2) is 4.39 Å². The lowest BCUT2D eigenvalue weighted by molar-refractivity contribution is 0.627. The van der Waals surface area contributed by atoms with Crippen LogP contribution in [0.25, 0.3) is 6.08 Å². The first kappa shape index (κ1) is 9.27. The maximum Gasteiger partial charge on any atom is 0.123 e. The summed E-state index contributed by atoms with van der Waals surface area (Å²) < 4.78 is 12.7. The van der Waals surface area contributed by atoms with Crippen LogP contribution in [-0.4, -0.2) is 5.88 Å². The lowest BCUT2D eigenvalue weighted by atomic mass is 10.1. The van der Waals surface area contributed by atoms with Crippen LogP contribution in [0.2, 0.25) is 0 Å². The molecule has 12 heavy (non-hydrogen) atoms. The molecule has 0 unspecified atom stereocenters. The van der Waals surface area contributed by atoms with E-state index in [0.29, 0.717) is 5.88 Å². The zero-order chi connectivity index (χ0) is 8.97. The first-order valence-electron chi connectivity index (χ1n) is 3.71. The van der Waals surface area contributed by atoms with Crippen LogP contribution in [0, 0.1) is 5.82 Å². The molecular weight excluding hydrogens is 175 g/mol. The zero-order valence-corrected chi connectivity index (χ0v) is 7.61. The average Bonchev–Trinajstić information content (AvgIpc) is 2.04. The molecule has 0 amide bonds. The van der Waals surface area contributed by atoms with Crippen molar-refractivity contribution in [1.29, 1.82) is 0 Å². The van der Waals surface area contributed by atoms with E-state index in [-0.39, 0.29) is 5.82 Å². The Labute approximate surface area is 76.7 Å². The number of hydrogen-bond donors (Lipinski definition) is 0. The SMILES string of the molecule is CC(=Cc1cccc(F)c1)CCl. The van der Waals surface area contributed by atoms with Crippen molar-refractivity contribution in [2.75, 3.05) is 5.88 Å². The van der Waals surface area contributed by atoms with Crippen LogP contribution in [0.5, 0.6) is 0 Å². The summed E-state index contributed by atoms with van der Waals surface area (Å²) in [6.07, 6.45) is 1.87. The molecule has 0 heterocycles. The van der Waals surface area contributed by atoms with Crippen molar-refractivity contribution >= 4 is 17.7 Å². The van der Waals surface area contributed by atoms with Crippen molar-refractivity contribution in [2.45, 2.75) is 6.92 Å². The molecular formula is C10H10ClF. The summed E-state index contributed by atoms with van der Waals surface area (Å²) in [7, 11) is 0. The molecule has 2 heteroatoms. The van der Waals surface area contributed by atoms with Gasteiger partial charge in [-0.1, -0.05) is 23.8 Å². The Kier molecular flexibility index (Phi) is 3.30. The fourth-order valence-corrected chi connectivity index (χ4v) is 0.997. The first-order valence-corrected chi connectivity index (χ1v) is 4.24. The Morgan fingerprint density at radius 3 is 2.92 bits per heavy atom. The third-order valence-electron chi connectivity index (χ3n) is 1.47. The van der Waals surface area contributed by atoms with Crippen molar-refractivity contribution in [3.05, 3.63) is 41.2 Å². The predicted molar refractivity (Wildman–Crippen MR) is 50.8 cm³/mol. The van der Waals surface area contributed by atoms with Crippen molar-refractivity contribution < 1.29 is 4.39 Å². The van der Waals surface area contributed by atoms with Gasteiger partial charge in [0.15, 0.2) is 0 Å². The molecule has 0 fully saturated rings. The topological polar surface area (TPSA) is 0 Å². The van der Waals surface area contributed by atoms with E-state index in [2.05, 4.69) is 0 Å². The van der Waals surface area contributed by atoms with Crippen LogP contribution in [0.4, 0.5) is 4.39 Å². The summed E-state index contributed by atoms with van der Waals surface area (Å²) in [5, 5.41) is 0. The molecule has 0 bridgehead atoms. The van der Waals surface area contributed by atoms with E-state index in [1.165, 1.54) is 12.1 Å². The molecule has 1 aromatic rings. The van der Waals surface area contributed by atoms with Gasteiger partial charge in [-0.15, -0.1) is 11.6 Å². The van der Waals surface area contributed by atoms with Gasteiger partial charge in [0.25, 0.3) is 0 Å². The average molecular weight is 185 g/mol. The molecule has 0 atom stereocenters. The van der Waals surface area contributed by atoms with Gasteiger partial charge >= 0.3 is 0 Å². The minimum atomic E-state index is -0.217. The van der Waals surface area contributed by atoms with Gasteiger partial charge in [0.1, 0.15) is 5.82 Å². The standard InChI is InChI=1S/C10H10ClF/c1-8(7-11)5-9-3-2-4-10(12)6-9/h2-6H,7H2,1H3. The summed E-state index contributed by atoms with van der Waals surface area (Å²) in [5.41, 5.74) is 1.88. The van der Waals surface area contributed by atoms with Gasteiger partial charge in [0.05, 0.1) is 0 Å². The molecule has 0 nitrogen and oxygen atoms in total. The Bertz CT molecular complexity index is 292. The molecule has 1 aromatic carbocycles. The Morgan fingerprint density at radius 2 is 2.33 bits per heavy atom. The van der Waals surface area contributed by atoms with Gasteiger partial charge in [0.2, 0.25) is 0 Å². The molecule has 0 N–H and O–H groups in total. The number of benzene rings is 1. The summed E-state index contributed by atoms with van der Waals surface area (Å²) in [4.78, 5) is 0. The van der Waals surface area contributed by atoms with Gasteiger partial charge in [0, 0.05) is 5.88 Å². The van der Waals surface area contributed by atoms with Gasteiger partial charge < -0.3 is 0 Å². The number of hydrogen-bond acceptors (Lipinski definition) is 0. The quantitative estimate of drug-likeness (QED) is 0.618. The van der Waals surface area contributed by atoms with E-state index in [9.17, 15) is 4.39 Å². The van der Waals surface area contributed by atoms with Gasteiger partial charge in [-0.3, -0.25) is 0 Å². The van der Waals surface area contributed by atoms with Crippen LogP contribution in [0.15, 0.2) is 29.8 Å². The molecule has 0 aromatic heterocycles. The Balaban J connectivity index is 2.89. The molecule has 0 saturated carbocycles. The van der Waals surface area contributed by atoms with E-state index in [1.807, 2.05) is 19.1 Å². The minimum absolute atomic E-state index is 0.217. The van der Waals surface area contributed by atoms with Crippen molar-refractivity contribution in [2.24, 2.45) is 0 Å². The fraction of sp³-hybridized carbons (Fsp3) is 0.200. The largest absolute Gasteiger partial charge is 0.207 e. The van der Waals surface area contributed by atoms with E-state index >= 15 is 0 Å². The molecule has 0 aliphatic rings. The normalized spacial score (nSPS) is 11.8. The highest BCUT2D eigenvalue weighted by atomic mass is 35.5. The molecule has 0 spiro atoms. The van der Waals surface area contributed by atoms with Crippen molar-refractivity contribution in [3.63, 3.8) is 0 Å². The highest BCUT2D eigenvalue weighted by Crippen LogP contribution is 2.09. The maximum atomic E-state index is 12.7. The minimum Gasteiger partial charge on any atom is -0.207 e. The van der Waals surface area contributed by atoms with Gasteiger partial charge in [-0.05, 0) is 24.6 Å². The summed E-state index contributed by atoms with van der Waals surface area (Å²) in [6, 6.07) is 6.44. The first-order chi connectivity index (χ1) is 5.72. The third kappa shape index (κ3) is 2.67. The van der Waals surface area contributed by atoms with Gasteiger partial charge in [-0.2, -0.15) is 0 Å². The fourth-order valence-electron chi connectivity index (χ4n) is 0.919. The number of halogens is 2. The monoisotopic (exact) mass is 184 g/mol. The van der Waals surface area contributed by atoms with Crippen LogP contribution >= 0.6 is 11.6 Å². The van der Waals surface area contributed by atoms with Crippen molar-refractivity contribution in [1.82, 2.24) is 0 Å². The summed E-state index contributed by atoms with van der Waals surface area (Å²) in [6.45, 7) is 1.91. The second kappa shape index (κ2) is 4.27. The smallest absolute Gasteiger partial charge is 0.123 e. The molecule has 0 aliphatic carbocycles. The molecule has 1 rings (SSSR count). The molecule has 0 radical (unpaired) electrons. The highest BCUT2D eigenvalue weighted by Gasteiger charge is 1.91. The Hall–Kier alpha value is -0.820. The Morgan fingerprint density at radius 1 is 1.58 bits per heavy atom. The van der Waals surface area contributed by atoms with E-state index in [0.717, 1.165) is 11.1 Å². The molecule has 0 aliphatic heterocycles. The second-order valence-electron chi connectivity index (χ2n) is 2.68. The number of allylic oxidation sites excluding steroid dienone is 1. The van der Waals surface area contributed by atoms with Crippen LogP contribution < -0.4 is 0 Å². The lowest BCUT2D eigenvalue weighted by Crippen LogP contribution is -1.79. The van der Waals surface area contributed by atoms with E-state index in [1.54, 1.807) is 6.07 Å². The van der Waals surface area contributed by atoms with E-state index < -0.39 is 0 Å². The molecule has 64 valence electrons. The highest BCUT2D eigenvalue weighted by molar-refractivity contribution is 6.19.